The van der Waals surface area contributed by atoms with Crippen molar-refractivity contribution in [3.63, 3.8) is 0 Å². The van der Waals surface area contributed by atoms with Crippen LogP contribution in [0.15, 0.2) is 18.2 Å². The number of rotatable bonds is 10. The number of fused-ring (bicyclic) bond motifs is 1. The van der Waals surface area contributed by atoms with Crippen molar-refractivity contribution in [3.8, 4) is 34.5 Å². The Morgan fingerprint density at radius 1 is 0.756 bits per heavy atom. The third-order valence-electron chi connectivity index (χ3n) is 7.96. The molecule has 1 aliphatic heterocycles. The van der Waals surface area contributed by atoms with Crippen LogP contribution in [-0.2, 0) is 11.2 Å². The molecule has 4 rings (SSSR count). The molecule has 0 saturated carbocycles. The highest BCUT2D eigenvalue weighted by Crippen LogP contribution is 2.54. The number of aromatic hydroxyl groups is 1. The van der Waals surface area contributed by atoms with Crippen LogP contribution in [0.1, 0.15) is 22.6 Å². The molecule has 228 valence electrons. The Kier molecular flexibility index (Phi) is 9.70. The molecule has 41 heavy (non-hydrogen) atoms. The summed E-state index contributed by atoms with van der Waals surface area (Å²) in [5.74, 6) is -1.02. The van der Waals surface area contributed by atoms with Crippen LogP contribution >= 0.6 is 0 Å². The van der Waals surface area contributed by atoms with Gasteiger partial charge in [0, 0.05) is 24.7 Å². The van der Waals surface area contributed by atoms with Gasteiger partial charge in [-0.3, -0.25) is 0 Å². The van der Waals surface area contributed by atoms with E-state index in [4.69, 9.17) is 28.4 Å². The number of phenols is 1. The van der Waals surface area contributed by atoms with Crippen LogP contribution in [-0.4, -0.2) is 115 Å². The van der Waals surface area contributed by atoms with Gasteiger partial charge in [-0.25, -0.2) is 0 Å². The summed E-state index contributed by atoms with van der Waals surface area (Å²) >= 11 is 0. The molecule has 0 bridgehead atoms. The summed E-state index contributed by atoms with van der Waals surface area (Å²) in [5.41, 5.74) is 1.92. The van der Waals surface area contributed by atoms with Gasteiger partial charge >= 0.3 is 0 Å². The quantitative estimate of drug-likeness (QED) is 0.190. The first-order valence-corrected chi connectivity index (χ1v) is 13.1. The minimum absolute atomic E-state index is 0.00270. The third kappa shape index (κ3) is 5.46. The lowest BCUT2D eigenvalue weighted by Crippen LogP contribution is -2.60. The molecular weight excluding hydrogens is 544 g/mol. The summed E-state index contributed by atoms with van der Waals surface area (Å²) in [6.45, 7) is -1.13. The van der Waals surface area contributed by atoms with Crippen LogP contribution in [0.25, 0.3) is 0 Å². The maximum Gasteiger partial charge on any atom is 0.229 e. The van der Waals surface area contributed by atoms with Gasteiger partial charge in [0.1, 0.15) is 24.4 Å². The molecule has 13 heteroatoms. The molecule has 0 radical (unpaired) electrons. The molecule has 1 fully saturated rings. The molecule has 13 nitrogen and oxygen atoms in total. The second-order valence-electron chi connectivity index (χ2n) is 10.1. The van der Waals surface area contributed by atoms with E-state index in [0.29, 0.717) is 17.5 Å². The second kappa shape index (κ2) is 12.9. The Balaban J connectivity index is 1.85. The van der Waals surface area contributed by atoms with Gasteiger partial charge in [-0.15, -0.1) is 0 Å². The maximum atomic E-state index is 10.9. The zero-order valence-corrected chi connectivity index (χ0v) is 23.3. The van der Waals surface area contributed by atoms with E-state index in [1.54, 1.807) is 18.2 Å². The first-order chi connectivity index (χ1) is 19.7. The van der Waals surface area contributed by atoms with Crippen molar-refractivity contribution in [3.05, 3.63) is 34.9 Å². The van der Waals surface area contributed by atoms with Gasteiger partial charge in [-0.2, -0.15) is 0 Å². The van der Waals surface area contributed by atoms with Crippen LogP contribution in [0.4, 0.5) is 0 Å². The van der Waals surface area contributed by atoms with E-state index in [0.717, 1.165) is 5.56 Å². The standard InChI is InChI=1S/C28H38O13/c1-36-16-6-12-5-14(9-29)15(10-30)20(21(12)27(39-4)23(16)33)13-7-17(37-2)26(18(8-13)38-3)41-28-25(35)24(34)22(32)19(11-31)40-28/h6-8,14-15,19-20,22,24-25,28-35H,5,9-11H2,1-4H3/t14-,15-,19+,20+,22+,24-,25+,28-/m0/s1. The van der Waals surface area contributed by atoms with Gasteiger partial charge in [0.15, 0.2) is 23.0 Å². The van der Waals surface area contributed by atoms with Gasteiger partial charge in [-0.1, -0.05) is 0 Å². The zero-order chi connectivity index (χ0) is 30.0. The van der Waals surface area contributed by atoms with Crippen LogP contribution in [0.3, 0.4) is 0 Å². The van der Waals surface area contributed by atoms with E-state index in [9.17, 15) is 35.7 Å². The fourth-order valence-corrected chi connectivity index (χ4v) is 5.83. The van der Waals surface area contributed by atoms with E-state index in [-0.39, 0.29) is 53.6 Å². The fourth-order valence-electron chi connectivity index (χ4n) is 5.83. The highest BCUT2D eigenvalue weighted by molar-refractivity contribution is 5.64. The molecule has 1 aliphatic carbocycles. The predicted octanol–water partition coefficient (Wildman–Crippen LogP) is -0.490. The molecular formula is C28H38O13. The Labute approximate surface area is 237 Å². The molecule has 2 aliphatic rings. The SMILES string of the molecule is COc1cc2c(c(OC)c1O)[C@H](c1cc(OC)c(O[C@@H]3O[C@H](CO)[C@@H](O)[C@H](O)[C@H]3O)c(OC)c1)[C@@H](CO)[C@H](CO)C2. The molecule has 8 atom stereocenters. The Hall–Kier alpha value is -3.04. The van der Waals surface area contributed by atoms with Crippen molar-refractivity contribution in [2.45, 2.75) is 43.0 Å². The minimum atomic E-state index is -1.67. The number of methoxy groups -OCH3 is 4. The van der Waals surface area contributed by atoms with Crippen molar-refractivity contribution in [2.75, 3.05) is 48.3 Å². The van der Waals surface area contributed by atoms with Gasteiger partial charge in [0.05, 0.1) is 35.0 Å². The first-order valence-electron chi connectivity index (χ1n) is 13.1. The average molecular weight is 583 g/mol. The van der Waals surface area contributed by atoms with Gasteiger partial charge in [0.2, 0.25) is 17.8 Å². The molecule has 1 saturated heterocycles. The summed E-state index contributed by atoms with van der Waals surface area (Å²) in [7, 11) is 5.59. The molecule has 0 unspecified atom stereocenters. The largest absolute Gasteiger partial charge is 0.502 e. The van der Waals surface area contributed by atoms with E-state index in [2.05, 4.69) is 0 Å². The van der Waals surface area contributed by atoms with Gasteiger partial charge < -0.3 is 64.2 Å². The van der Waals surface area contributed by atoms with Crippen LogP contribution in [0, 0.1) is 11.8 Å². The van der Waals surface area contributed by atoms with Crippen LogP contribution in [0.2, 0.25) is 0 Å². The minimum Gasteiger partial charge on any atom is -0.502 e. The smallest absolute Gasteiger partial charge is 0.229 e. The normalized spacial score (nSPS) is 29.4. The second-order valence-corrected chi connectivity index (χ2v) is 10.1. The van der Waals surface area contributed by atoms with E-state index in [1.807, 2.05) is 0 Å². The number of hydrogen-bond acceptors (Lipinski definition) is 13. The summed E-state index contributed by atoms with van der Waals surface area (Å²) in [6, 6.07) is 4.93. The first kappa shape index (κ1) is 30.9. The number of hydrogen-bond donors (Lipinski definition) is 7. The molecule has 0 amide bonds. The molecule has 0 aromatic heterocycles. The number of aliphatic hydroxyl groups is 6. The lowest BCUT2D eigenvalue weighted by atomic mass is 9.66. The number of ether oxygens (including phenoxy) is 6. The van der Waals surface area contributed by atoms with Crippen molar-refractivity contribution in [2.24, 2.45) is 11.8 Å². The third-order valence-corrected chi connectivity index (χ3v) is 7.96. The Bertz CT molecular complexity index is 1180. The lowest BCUT2D eigenvalue weighted by Gasteiger charge is -2.40. The van der Waals surface area contributed by atoms with Crippen molar-refractivity contribution in [1.82, 2.24) is 0 Å². The summed E-state index contributed by atoms with van der Waals surface area (Å²) < 4.78 is 33.6. The molecule has 2 aromatic rings. The molecule has 7 N–H and O–H groups in total. The average Bonchev–Trinajstić information content (AvgIpc) is 2.99. The van der Waals surface area contributed by atoms with Crippen molar-refractivity contribution >= 4 is 0 Å². The molecule has 1 heterocycles. The number of aliphatic hydroxyl groups excluding tert-OH is 6. The van der Waals surface area contributed by atoms with E-state index >= 15 is 0 Å². The van der Waals surface area contributed by atoms with E-state index in [1.165, 1.54) is 28.4 Å². The molecule has 0 spiro atoms. The maximum absolute atomic E-state index is 10.9. The Morgan fingerprint density at radius 2 is 1.39 bits per heavy atom. The highest BCUT2D eigenvalue weighted by atomic mass is 16.7. The summed E-state index contributed by atoms with van der Waals surface area (Å²) in [6.07, 6.45) is -7.17. The highest BCUT2D eigenvalue weighted by Gasteiger charge is 2.46. The lowest BCUT2D eigenvalue weighted by molar-refractivity contribution is -0.277. The summed E-state index contributed by atoms with van der Waals surface area (Å²) in [4.78, 5) is 0. The predicted molar refractivity (Wildman–Crippen MR) is 142 cm³/mol. The molecule has 2 aromatic carbocycles. The van der Waals surface area contributed by atoms with Crippen LogP contribution in [0.5, 0.6) is 34.5 Å². The summed E-state index contributed by atoms with van der Waals surface area (Å²) in [5, 5.41) is 72.0. The Morgan fingerprint density at radius 3 is 1.90 bits per heavy atom. The van der Waals surface area contributed by atoms with E-state index < -0.39 is 49.1 Å². The number of benzene rings is 2. The fraction of sp³-hybridized carbons (Fsp3) is 0.571. The van der Waals surface area contributed by atoms with Gasteiger partial charge in [0.25, 0.3) is 0 Å². The van der Waals surface area contributed by atoms with Crippen molar-refractivity contribution < 1.29 is 64.2 Å². The monoisotopic (exact) mass is 582 g/mol. The topological polar surface area (TPSA) is 197 Å². The van der Waals surface area contributed by atoms with Crippen molar-refractivity contribution in [1.29, 1.82) is 0 Å². The van der Waals surface area contributed by atoms with Gasteiger partial charge in [-0.05, 0) is 47.6 Å². The van der Waals surface area contributed by atoms with Crippen LogP contribution < -0.4 is 23.7 Å². The number of phenolic OH excluding ortho intramolecular Hbond substituents is 1. The zero-order valence-electron chi connectivity index (χ0n) is 23.3.